The Labute approximate surface area is 352 Å². The first-order valence-corrected chi connectivity index (χ1v) is 21.1. The second-order valence-corrected chi connectivity index (χ2v) is 16.0. The Balaban J connectivity index is 1.32. The van der Waals surface area contributed by atoms with Gasteiger partial charge in [0, 0.05) is 80.9 Å². The number of aryl methyl sites for hydroxylation is 1. The number of benzene rings is 3. The van der Waals surface area contributed by atoms with Crippen molar-refractivity contribution in [3.8, 4) is 23.0 Å². The highest BCUT2D eigenvalue weighted by Gasteiger charge is 2.27. The summed E-state index contributed by atoms with van der Waals surface area (Å²) in [6.07, 6.45) is 17.9. The second-order valence-electron chi connectivity index (χ2n) is 16.0. The lowest BCUT2D eigenvalue weighted by Crippen LogP contribution is -2.35. The number of H-pyrrole nitrogens is 1. The summed E-state index contributed by atoms with van der Waals surface area (Å²) in [5.74, 6) is 2.42. The quantitative estimate of drug-likeness (QED) is 0.124. The molecule has 0 fully saturated rings. The Morgan fingerprint density at radius 3 is 2.53 bits per heavy atom. The number of aromatic amines is 1. The number of aromatic hydroxyl groups is 1. The number of hydrogen-bond donors (Lipinski definition) is 3. The lowest BCUT2D eigenvalue weighted by Gasteiger charge is -2.30. The third kappa shape index (κ3) is 10.3. The van der Waals surface area contributed by atoms with E-state index in [-0.39, 0.29) is 30.2 Å². The summed E-state index contributed by atoms with van der Waals surface area (Å²) in [7, 11) is 1.57. The molecule has 3 aromatic carbocycles. The number of hydrogen-bond acceptors (Lipinski definition) is 9. The molecule has 0 unspecified atom stereocenters. The van der Waals surface area contributed by atoms with Crippen molar-refractivity contribution < 1.29 is 33.7 Å². The number of esters is 1. The summed E-state index contributed by atoms with van der Waals surface area (Å²) in [4.78, 5) is 44.8. The number of dihydropyridines is 1. The van der Waals surface area contributed by atoms with Crippen LogP contribution in [-0.2, 0) is 32.0 Å². The number of methoxy groups -OCH3 is 1. The third-order valence-corrected chi connectivity index (χ3v) is 11.7. The lowest BCUT2D eigenvalue weighted by atomic mass is 9.89. The van der Waals surface area contributed by atoms with E-state index >= 15 is 0 Å². The molecule has 11 nitrogen and oxygen atoms in total. The normalized spacial score (nSPS) is 19.0. The SMILES string of the molecule is CC[C@H]1CC[C@@H](OC(C)=O)CC(=O)C[C@H](c2ccc(Oc3cccc(O)c3)c(OC)c2)n2cc3cccc(c3c2)N(CCC(C)=O)C2=CC(=CCN2)CCc2c[nH]cc2C1. The van der Waals surface area contributed by atoms with Gasteiger partial charge in [-0.3, -0.25) is 14.4 Å². The number of fused-ring (bicyclic) bond motifs is 3. The molecule has 3 atom stereocenters. The van der Waals surface area contributed by atoms with Gasteiger partial charge in [0.25, 0.3) is 0 Å². The highest BCUT2D eigenvalue weighted by Crippen LogP contribution is 2.39. The molecule has 60 heavy (non-hydrogen) atoms. The first-order chi connectivity index (χ1) is 29.1. The monoisotopic (exact) mass is 812 g/mol. The van der Waals surface area contributed by atoms with Gasteiger partial charge in [-0.05, 0) is 104 Å². The summed E-state index contributed by atoms with van der Waals surface area (Å²) in [5, 5.41) is 15.6. The Bertz CT molecular complexity index is 2390. The molecule has 0 amide bonds. The van der Waals surface area contributed by atoms with E-state index in [0.29, 0.717) is 49.1 Å². The average Bonchev–Trinajstić information content (AvgIpc) is 3.87. The zero-order chi connectivity index (χ0) is 42.2. The van der Waals surface area contributed by atoms with Crippen LogP contribution in [0.2, 0.25) is 0 Å². The van der Waals surface area contributed by atoms with Gasteiger partial charge in [-0.1, -0.05) is 43.7 Å². The van der Waals surface area contributed by atoms with E-state index in [9.17, 15) is 19.5 Å². The molecule has 3 N–H and O–H groups in total. The number of nitrogens with one attached hydrogen (secondary N) is 2. The summed E-state index contributed by atoms with van der Waals surface area (Å²) in [6.45, 7) is 6.39. The maximum Gasteiger partial charge on any atom is 0.302 e. The Morgan fingerprint density at radius 1 is 0.917 bits per heavy atom. The molecule has 2 aliphatic heterocycles. The number of rotatable bonds is 9. The smallest absolute Gasteiger partial charge is 0.302 e. The van der Waals surface area contributed by atoms with E-state index in [1.165, 1.54) is 29.7 Å². The van der Waals surface area contributed by atoms with Crippen molar-refractivity contribution in [1.82, 2.24) is 14.9 Å². The summed E-state index contributed by atoms with van der Waals surface area (Å²) in [5.41, 5.74) is 5.59. The molecule has 7 rings (SSSR count). The van der Waals surface area contributed by atoms with Gasteiger partial charge in [-0.15, -0.1) is 0 Å². The molecule has 314 valence electrons. The molecule has 0 spiro atoms. The van der Waals surface area contributed by atoms with Crippen LogP contribution in [0, 0.1) is 5.92 Å². The summed E-state index contributed by atoms with van der Waals surface area (Å²) < 4.78 is 19.9. The standard InChI is InChI=1S/C49H56N4O7/c1-5-34-13-16-43(59-33(3)55)26-41(57)27-46(36-15-17-47(48(24-36)58-4)60-42-10-7-9-40(56)25-42)52-30-38-8-6-11-45(44(38)31-52)53(21-19-32(2)54)49-23-35(18-20-51-49)12-14-37-28-50-29-39(37)22-34/h6-11,15,17-18,23-25,28-31,34,43,46,50-51,56H,5,12-14,16,19-22,26-27H2,1-4H3/t34-,43+,46+/m0/s1. The summed E-state index contributed by atoms with van der Waals surface area (Å²) in [6, 6.07) is 17.9. The largest absolute Gasteiger partial charge is 0.508 e. The molecule has 5 aromatic rings. The predicted molar refractivity (Wildman–Crippen MR) is 234 cm³/mol. The van der Waals surface area contributed by atoms with Crippen molar-refractivity contribution in [3.05, 3.63) is 126 Å². The minimum Gasteiger partial charge on any atom is -0.508 e. The molecule has 4 bridgehead atoms. The zero-order valence-corrected chi connectivity index (χ0v) is 35.0. The molecule has 4 heterocycles. The van der Waals surface area contributed by atoms with Gasteiger partial charge in [0.1, 0.15) is 35.0 Å². The van der Waals surface area contributed by atoms with Gasteiger partial charge in [0.2, 0.25) is 0 Å². The van der Waals surface area contributed by atoms with Crippen LogP contribution in [0.15, 0.2) is 109 Å². The van der Waals surface area contributed by atoms with Crippen molar-refractivity contribution in [2.75, 3.05) is 25.1 Å². The molecular weight excluding hydrogens is 757 g/mol. The van der Waals surface area contributed by atoms with Crippen LogP contribution in [0.4, 0.5) is 5.69 Å². The van der Waals surface area contributed by atoms with E-state index in [1.54, 1.807) is 32.2 Å². The Hall–Kier alpha value is -6.23. The molecule has 11 heteroatoms. The number of phenolic OH excluding ortho intramolecular Hbond substituents is 1. The minimum absolute atomic E-state index is 0.0332. The van der Waals surface area contributed by atoms with Crippen molar-refractivity contribution in [2.24, 2.45) is 5.92 Å². The van der Waals surface area contributed by atoms with E-state index < -0.39 is 18.1 Å². The molecule has 2 aromatic heterocycles. The van der Waals surface area contributed by atoms with Crippen LogP contribution in [-0.4, -0.2) is 58.5 Å². The molecule has 0 saturated heterocycles. The van der Waals surface area contributed by atoms with Crippen molar-refractivity contribution in [1.29, 1.82) is 0 Å². The average molecular weight is 813 g/mol. The number of Topliss-reactive ketones (excluding diaryl/α,β-unsaturated/α-hetero) is 2. The van der Waals surface area contributed by atoms with Crippen molar-refractivity contribution >= 4 is 34.0 Å². The van der Waals surface area contributed by atoms with E-state index in [2.05, 4.69) is 75.8 Å². The Kier molecular flexibility index (Phi) is 13.4. The van der Waals surface area contributed by atoms with E-state index in [1.807, 2.05) is 24.3 Å². The van der Waals surface area contributed by atoms with E-state index in [4.69, 9.17) is 14.2 Å². The van der Waals surface area contributed by atoms with E-state index in [0.717, 1.165) is 59.9 Å². The first-order valence-electron chi connectivity index (χ1n) is 21.1. The highest BCUT2D eigenvalue weighted by molar-refractivity contribution is 5.95. The fraction of sp³-hybridized carbons (Fsp3) is 0.367. The number of phenols is 1. The van der Waals surface area contributed by atoms with Crippen LogP contribution in [0.3, 0.4) is 0 Å². The van der Waals surface area contributed by atoms with Gasteiger partial charge in [-0.2, -0.15) is 0 Å². The van der Waals surface area contributed by atoms with Crippen molar-refractivity contribution in [3.63, 3.8) is 0 Å². The maximum absolute atomic E-state index is 14.3. The number of ether oxygens (including phenoxy) is 3. The van der Waals surface area contributed by atoms with Crippen LogP contribution in [0.1, 0.15) is 88.4 Å². The van der Waals surface area contributed by atoms with Gasteiger partial charge >= 0.3 is 5.97 Å². The number of ketones is 2. The molecular formula is C49H56N4O7. The number of aromatic nitrogens is 2. The van der Waals surface area contributed by atoms with Crippen LogP contribution in [0.5, 0.6) is 23.0 Å². The number of nitrogens with zero attached hydrogens (tertiary/aromatic N) is 2. The molecule has 0 radical (unpaired) electrons. The van der Waals surface area contributed by atoms with Gasteiger partial charge < -0.3 is 39.1 Å². The first kappa shape index (κ1) is 41.9. The predicted octanol–water partition coefficient (Wildman–Crippen LogP) is 9.50. The fourth-order valence-electron chi connectivity index (χ4n) is 8.49. The topological polar surface area (TPSA) is 135 Å². The molecule has 0 saturated carbocycles. The van der Waals surface area contributed by atoms with Gasteiger partial charge in [-0.25, -0.2) is 0 Å². The molecule has 2 aliphatic rings. The van der Waals surface area contributed by atoms with Crippen molar-refractivity contribution in [2.45, 2.75) is 90.7 Å². The summed E-state index contributed by atoms with van der Waals surface area (Å²) >= 11 is 0. The van der Waals surface area contributed by atoms with Gasteiger partial charge in [0.05, 0.1) is 18.8 Å². The number of allylic oxidation sites excluding steroid dienone is 2. The lowest BCUT2D eigenvalue weighted by molar-refractivity contribution is -0.148. The van der Waals surface area contributed by atoms with Gasteiger partial charge in [0.15, 0.2) is 11.5 Å². The minimum atomic E-state index is -0.548. The number of anilines is 1. The second kappa shape index (κ2) is 19.2. The van der Waals surface area contributed by atoms with Crippen LogP contribution in [0.25, 0.3) is 10.8 Å². The number of carbonyl (C=O) groups is 3. The third-order valence-electron chi connectivity index (χ3n) is 11.7. The maximum atomic E-state index is 14.3. The zero-order valence-electron chi connectivity index (χ0n) is 35.0. The highest BCUT2D eigenvalue weighted by atomic mass is 16.5. The van der Waals surface area contributed by atoms with Crippen LogP contribution >= 0.6 is 0 Å². The number of carbonyl (C=O) groups excluding carboxylic acids is 3. The molecule has 0 aliphatic carbocycles. The Morgan fingerprint density at radius 2 is 1.75 bits per heavy atom. The van der Waals surface area contributed by atoms with Crippen LogP contribution < -0.4 is 19.7 Å². The fourth-order valence-corrected chi connectivity index (χ4v) is 8.49.